The number of hydrogen-bond donors (Lipinski definition) is 1. The number of pyridine rings is 2. The van der Waals surface area contributed by atoms with Crippen LogP contribution >= 0.6 is 0 Å². The maximum absolute atomic E-state index is 13.1. The summed E-state index contributed by atoms with van der Waals surface area (Å²) in [5.74, 6) is 0.455. The zero-order valence-corrected chi connectivity index (χ0v) is 18.1. The lowest BCUT2D eigenvalue weighted by molar-refractivity contribution is -0.890. The van der Waals surface area contributed by atoms with Crippen LogP contribution in [0.2, 0.25) is 0 Å². The first-order valence-corrected chi connectivity index (χ1v) is 10.5. The normalized spacial score (nSPS) is 19.0. The standard InChI is InChI=1S/C24H26N8O/c1-30-16-21(28-29-30)17-4-5-19-15-26-22(13-20(19)12-17)27-24(33)18-6-7-25-23(14-18)31-8-10-32(2,3)11-9-31/h4-7,12-16H,8-11H2,1-3H3/p+1/i2D3,3D3. The molecule has 1 fully saturated rings. The third-order valence-corrected chi connectivity index (χ3v) is 5.70. The lowest BCUT2D eigenvalue weighted by Crippen LogP contribution is -2.55. The summed E-state index contributed by atoms with van der Waals surface area (Å²) in [5, 5.41) is 12.7. The van der Waals surface area contributed by atoms with Crippen LogP contribution in [0.5, 0.6) is 0 Å². The van der Waals surface area contributed by atoms with Gasteiger partial charge < -0.3 is 14.7 Å². The minimum absolute atomic E-state index is 0.0946. The van der Waals surface area contributed by atoms with Crippen molar-refractivity contribution in [1.29, 1.82) is 0 Å². The average molecular weight is 450 g/mol. The number of carbonyl (C=O) groups is 1. The summed E-state index contributed by atoms with van der Waals surface area (Å²) >= 11 is 0. The molecule has 4 heterocycles. The van der Waals surface area contributed by atoms with Crippen LogP contribution in [0, 0.1) is 0 Å². The number of piperazine rings is 1. The Labute approximate surface area is 200 Å². The largest absolute Gasteiger partial charge is 0.345 e. The molecule has 0 saturated carbocycles. The summed E-state index contributed by atoms with van der Waals surface area (Å²) in [5.41, 5.74) is 1.96. The molecule has 9 heteroatoms. The van der Waals surface area contributed by atoms with E-state index in [1.165, 1.54) is 6.20 Å². The van der Waals surface area contributed by atoms with E-state index in [4.69, 9.17) is 8.22 Å². The molecule has 0 bridgehead atoms. The zero-order chi connectivity index (χ0) is 28.0. The number of amides is 1. The Morgan fingerprint density at radius 3 is 2.70 bits per heavy atom. The third-order valence-electron chi connectivity index (χ3n) is 5.70. The minimum Gasteiger partial charge on any atom is -0.345 e. The maximum Gasteiger partial charge on any atom is 0.257 e. The van der Waals surface area contributed by atoms with E-state index in [0.29, 0.717) is 17.2 Å². The fraction of sp³-hybridized carbons (Fsp3) is 0.292. The van der Waals surface area contributed by atoms with E-state index >= 15 is 0 Å². The fourth-order valence-electron chi connectivity index (χ4n) is 3.80. The van der Waals surface area contributed by atoms with E-state index in [-0.39, 0.29) is 32.1 Å². The van der Waals surface area contributed by atoms with Gasteiger partial charge in [-0.3, -0.25) is 9.48 Å². The van der Waals surface area contributed by atoms with Crippen LogP contribution in [0.4, 0.5) is 11.6 Å². The lowest BCUT2D eigenvalue weighted by atomic mass is 10.1. The van der Waals surface area contributed by atoms with Crippen molar-refractivity contribution in [2.75, 3.05) is 50.3 Å². The Bertz CT molecular complexity index is 1510. The van der Waals surface area contributed by atoms with Crippen LogP contribution in [-0.4, -0.2) is 75.5 Å². The molecule has 0 unspecified atom stereocenters. The van der Waals surface area contributed by atoms with Crippen molar-refractivity contribution < 1.29 is 17.5 Å². The molecule has 1 N–H and O–H groups in total. The highest BCUT2D eigenvalue weighted by Crippen LogP contribution is 2.24. The van der Waals surface area contributed by atoms with Gasteiger partial charge in [0.05, 0.1) is 54.6 Å². The van der Waals surface area contributed by atoms with Gasteiger partial charge in [-0.1, -0.05) is 17.3 Å². The average Bonchev–Trinajstić information content (AvgIpc) is 3.33. The van der Waals surface area contributed by atoms with Crippen LogP contribution in [-0.2, 0) is 7.05 Å². The number of benzene rings is 1. The molecule has 0 radical (unpaired) electrons. The second-order valence-corrected chi connectivity index (χ2v) is 8.17. The van der Waals surface area contributed by atoms with Gasteiger partial charge in [-0.05, 0) is 29.7 Å². The zero-order valence-electron chi connectivity index (χ0n) is 24.1. The molecule has 9 nitrogen and oxygen atoms in total. The summed E-state index contributed by atoms with van der Waals surface area (Å²) in [6.45, 7) is -5.18. The molecule has 1 aromatic carbocycles. The number of likely N-dealkylation sites (N-methyl/N-ethyl adjacent to an activating group) is 1. The van der Waals surface area contributed by atoms with Crippen molar-refractivity contribution in [2.45, 2.75) is 0 Å². The van der Waals surface area contributed by atoms with Crippen molar-refractivity contribution in [3.63, 3.8) is 0 Å². The summed E-state index contributed by atoms with van der Waals surface area (Å²) in [6, 6.07) is 10.8. The van der Waals surface area contributed by atoms with Gasteiger partial charge >= 0.3 is 0 Å². The molecule has 33 heavy (non-hydrogen) atoms. The smallest absolute Gasteiger partial charge is 0.257 e. The highest BCUT2D eigenvalue weighted by molar-refractivity contribution is 6.05. The highest BCUT2D eigenvalue weighted by atomic mass is 16.1. The molecule has 168 valence electrons. The van der Waals surface area contributed by atoms with Gasteiger partial charge in [0.15, 0.2) is 0 Å². The number of hydrogen-bond acceptors (Lipinski definition) is 6. The number of nitrogens with zero attached hydrogens (tertiary/aromatic N) is 7. The van der Waals surface area contributed by atoms with Gasteiger partial charge in [-0.25, -0.2) is 9.97 Å². The lowest BCUT2D eigenvalue weighted by Gasteiger charge is -2.39. The molecule has 1 aliphatic heterocycles. The number of fused-ring (bicyclic) bond motifs is 1. The van der Waals surface area contributed by atoms with E-state index < -0.39 is 18.4 Å². The first-order valence-electron chi connectivity index (χ1n) is 13.5. The predicted molar refractivity (Wildman–Crippen MR) is 128 cm³/mol. The topological polar surface area (TPSA) is 88.8 Å². The number of carbonyl (C=O) groups excluding carboxylic acids is 1. The minimum atomic E-state index is -2.67. The fourth-order valence-corrected chi connectivity index (χ4v) is 3.80. The molecule has 1 saturated heterocycles. The molecule has 1 amide bonds. The van der Waals surface area contributed by atoms with Gasteiger partial charge in [0.25, 0.3) is 5.91 Å². The second-order valence-electron chi connectivity index (χ2n) is 8.17. The van der Waals surface area contributed by atoms with Crippen LogP contribution in [0.1, 0.15) is 18.6 Å². The molecular formula is C24H27N8O+. The molecular weight excluding hydrogens is 416 g/mol. The summed E-state index contributed by atoms with van der Waals surface area (Å²) in [4.78, 5) is 23.6. The number of aryl methyl sites for hydroxylation is 1. The number of anilines is 2. The highest BCUT2D eigenvalue weighted by Gasteiger charge is 2.25. The van der Waals surface area contributed by atoms with E-state index in [0.717, 1.165) is 22.0 Å². The molecule has 1 aliphatic rings. The molecule has 3 aromatic heterocycles. The third kappa shape index (κ3) is 4.54. The molecule has 5 rings (SSSR count). The number of rotatable bonds is 4. The number of aromatic nitrogens is 5. The molecule has 0 spiro atoms. The van der Waals surface area contributed by atoms with E-state index in [9.17, 15) is 4.79 Å². The summed E-state index contributed by atoms with van der Waals surface area (Å²) in [7, 11) is 1.80. The Morgan fingerprint density at radius 2 is 1.94 bits per heavy atom. The quantitative estimate of drug-likeness (QED) is 0.482. The summed E-state index contributed by atoms with van der Waals surface area (Å²) < 4.78 is 47.8. The van der Waals surface area contributed by atoms with Gasteiger partial charge in [0, 0.05) is 36.0 Å². The van der Waals surface area contributed by atoms with E-state index in [2.05, 4.69) is 25.6 Å². The second kappa shape index (κ2) is 8.25. The first kappa shape index (κ1) is 15.1. The van der Waals surface area contributed by atoms with Crippen LogP contribution in [0.3, 0.4) is 0 Å². The van der Waals surface area contributed by atoms with Crippen LogP contribution in [0.15, 0.2) is 55.0 Å². The van der Waals surface area contributed by atoms with Gasteiger partial charge in [-0.2, -0.15) is 0 Å². The molecule has 4 aromatic rings. The van der Waals surface area contributed by atoms with Gasteiger partial charge in [0.2, 0.25) is 0 Å². The SMILES string of the molecule is [2H]C([2H])([2H])[N+]1(C([2H])([2H])[2H])CCN(c2cc(C(=O)Nc3cc4cc(-c5cn(C)nn5)ccc4cn3)ccn2)CC1. The van der Waals surface area contributed by atoms with Crippen LogP contribution < -0.4 is 10.2 Å². The van der Waals surface area contributed by atoms with Crippen molar-refractivity contribution in [3.05, 3.63) is 60.6 Å². The van der Waals surface area contributed by atoms with Crippen molar-refractivity contribution >= 4 is 28.3 Å². The number of nitrogens with one attached hydrogen (secondary N) is 1. The van der Waals surface area contributed by atoms with Gasteiger partial charge in [-0.15, -0.1) is 5.10 Å². The predicted octanol–water partition coefficient (Wildman–Crippen LogP) is 2.57. The van der Waals surface area contributed by atoms with Gasteiger partial charge in [0.1, 0.15) is 17.3 Å². The van der Waals surface area contributed by atoms with E-state index in [1.54, 1.807) is 41.0 Å². The van der Waals surface area contributed by atoms with Crippen LogP contribution in [0.25, 0.3) is 22.0 Å². The Hall–Kier alpha value is -3.85. The van der Waals surface area contributed by atoms with Crippen molar-refractivity contribution in [1.82, 2.24) is 25.0 Å². The molecule has 0 atom stereocenters. The Kier molecular flexibility index (Phi) is 3.77. The summed E-state index contributed by atoms with van der Waals surface area (Å²) in [6.07, 6.45) is 4.99. The Balaban J connectivity index is 1.32. The monoisotopic (exact) mass is 449 g/mol. The van der Waals surface area contributed by atoms with E-state index in [1.807, 2.05) is 24.4 Å². The maximum atomic E-state index is 13.1. The Morgan fingerprint density at radius 1 is 1.09 bits per heavy atom. The molecule has 0 aliphatic carbocycles. The van der Waals surface area contributed by atoms with Crippen molar-refractivity contribution in [2.24, 2.45) is 7.05 Å². The number of quaternary nitrogens is 1. The first-order chi connectivity index (χ1) is 18.4. The van der Waals surface area contributed by atoms with Crippen molar-refractivity contribution in [3.8, 4) is 11.3 Å².